The molecule has 0 heterocycles. The summed E-state index contributed by atoms with van der Waals surface area (Å²) in [5.41, 5.74) is 0. The number of hydrogen-bond acceptors (Lipinski definition) is 4. The number of nitrogens with one attached hydrogen (secondary N) is 1. The van der Waals surface area contributed by atoms with Gasteiger partial charge in [-0.3, -0.25) is 4.79 Å². The van der Waals surface area contributed by atoms with Gasteiger partial charge in [-0.2, -0.15) is 0 Å². The molecule has 6 heteroatoms. The van der Waals surface area contributed by atoms with Gasteiger partial charge in [0.25, 0.3) is 5.91 Å². The van der Waals surface area contributed by atoms with Crippen LogP contribution in [-0.2, 0) is 9.59 Å². The highest BCUT2D eigenvalue weighted by molar-refractivity contribution is 5.84. The first-order chi connectivity index (χ1) is 10.4. The lowest BCUT2D eigenvalue weighted by Crippen LogP contribution is -2.46. The molecule has 0 fully saturated rings. The number of benzene rings is 1. The summed E-state index contributed by atoms with van der Waals surface area (Å²) in [6.45, 7) is 5.90. The van der Waals surface area contributed by atoms with E-state index < -0.39 is 17.9 Å². The molecule has 0 saturated carbocycles. The molecule has 0 aliphatic carbocycles. The molecule has 1 rings (SSSR count). The van der Waals surface area contributed by atoms with Crippen molar-refractivity contribution in [2.75, 3.05) is 13.2 Å². The minimum Gasteiger partial charge on any atom is -0.494 e. The topological polar surface area (TPSA) is 84.9 Å². The minimum atomic E-state index is -1.05. The Morgan fingerprint density at radius 1 is 1.14 bits per heavy atom. The SMILES string of the molecule is CCCOc1ccc(OCC(=O)N[C@H](C(=O)O)C(C)C)cc1. The Hall–Kier alpha value is -2.24. The molecular formula is C16H23NO5. The fraction of sp³-hybridized carbons (Fsp3) is 0.500. The van der Waals surface area contributed by atoms with Crippen LogP contribution in [0.4, 0.5) is 0 Å². The number of hydrogen-bond donors (Lipinski definition) is 2. The lowest BCUT2D eigenvalue weighted by atomic mass is 10.1. The molecule has 22 heavy (non-hydrogen) atoms. The summed E-state index contributed by atoms with van der Waals surface area (Å²) in [5, 5.41) is 11.4. The van der Waals surface area contributed by atoms with Crippen molar-refractivity contribution in [1.29, 1.82) is 0 Å². The molecule has 0 unspecified atom stereocenters. The van der Waals surface area contributed by atoms with E-state index in [9.17, 15) is 9.59 Å². The molecule has 0 radical (unpaired) electrons. The van der Waals surface area contributed by atoms with E-state index in [1.54, 1.807) is 38.1 Å². The fourth-order valence-corrected chi connectivity index (χ4v) is 1.73. The Bertz CT molecular complexity index is 484. The van der Waals surface area contributed by atoms with Gasteiger partial charge in [0.2, 0.25) is 0 Å². The number of aliphatic carboxylic acids is 1. The number of carbonyl (C=O) groups excluding carboxylic acids is 1. The summed E-state index contributed by atoms with van der Waals surface area (Å²) in [6.07, 6.45) is 0.930. The summed E-state index contributed by atoms with van der Waals surface area (Å²) in [6, 6.07) is 6.01. The highest BCUT2D eigenvalue weighted by Gasteiger charge is 2.23. The third-order valence-corrected chi connectivity index (χ3v) is 2.92. The maximum Gasteiger partial charge on any atom is 0.326 e. The van der Waals surface area contributed by atoms with Crippen molar-refractivity contribution in [2.45, 2.75) is 33.2 Å². The van der Waals surface area contributed by atoms with Crippen LogP contribution in [-0.4, -0.2) is 36.2 Å². The zero-order valence-corrected chi connectivity index (χ0v) is 13.2. The predicted molar refractivity (Wildman–Crippen MR) is 82.1 cm³/mol. The maximum atomic E-state index is 11.7. The maximum absolute atomic E-state index is 11.7. The van der Waals surface area contributed by atoms with Crippen molar-refractivity contribution >= 4 is 11.9 Å². The van der Waals surface area contributed by atoms with Crippen molar-refractivity contribution in [3.63, 3.8) is 0 Å². The molecule has 0 saturated heterocycles. The molecule has 1 atom stereocenters. The molecule has 0 aromatic heterocycles. The summed E-state index contributed by atoms with van der Waals surface area (Å²) in [5.74, 6) is -0.454. The van der Waals surface area contributed by atoms with Gasteiger partial charge in [0.1, 0.15) is 17.5 Å². The van der Waals surface area contributed by atoms with E-state index in [4.69, 9.17) is 14.6 Å². The second-order valence-electron chi connectivity index (χ2n) is 5.24. The number of amides is 1. The third-order valence-electron chi connectivity index (χ3n) is 2.92. The van der Waals surface area contributed by atoms with Gasteiger partial charge in [-0.1, -0.05) is 20.8 Å². The molecule has 0 bridgehead atoms. The van der Waals surface area contributed by atoms with Crippen LogP contribution >= 0.6 is 0 Å². The zero-order chi connectivity index (χ0) is 16.5. The standard InChI is InChI=1S/C16H23NO5/c1-4-9-21-12-5-7-13(8-6-12)22-10-14(18)17-15(11(2)3)16(19)20/h5-8,11,15H,4,9-10H2,1-3H3,(H,17,18)(H,19,20)/t15-/m0/s1. The third kappa shape index (κ3) is 6.03. The lowest BCUT2D eigenvalue weighted by molar-refractivity contribution is -0.143. The molecule has 1 aromatic rings. The average molecular weight is 309 g/mol. The van der Waals surface area contributed by atoms with Gasteiger partial charge in [0.05, 0.1) is 6.61 Å². The molecule has 1 amide bonds. The highest BCUT2D eigenvalue weighted by Crippen LogP contribution is 2.17. The van der Waals surface area contributed by atoms with Crippen LogP contribution in [0, 0.1) is 5.92 Å². The Balaban J connectivity index is 2.45. The van der Waals surface area contributed by atoms with Gasteiger partial charge in [-0.25, -0.2) is 4.79 Å². The quantitative estimate of drug-likeness (QED) is 0.729. The normalized spacial score (nSPS) is 11.8. The molecule has 0 spiro atoms. The van der Waals surface area contributed by atoms with E-state index in [1.165, 1.54) is 0 Å². The van der Waals surface area contributed by atoms with Crippen LogP contribution < -0.4 is 14.8 Å². The Morgan fingerprint density at radius 2 is 1.68 bits per heavy atom. The lowest BCUT2D eigenvalue weighted by Gasteiger charge is -2.18. The Kier molecular flexibility index (Phi) is 7.22. The van der Waals surface area contributed by atoms with Crippen LogP contribution in [0.5, 0.6) is 11.5 Å². The van der Waals surface area contributed by atoms with E-state index in [1.807, 2.05) is 6.92 Å². The Labute approximate surface area is 130 Å². The summed E-state index contributed by atoms with van der Waals surface area (Å²) >= 11 is 0. The van der Waals surface area contributed by atoms with Gasteiger partial charge in [-0.05, 0) is 36.6 Å². The van der Waals surface area contributed by atoms with Crippen molar-refractivity contribution in [3.8, 4) is 11.5 Å². The molecule has 2 N–H and O–H groups in total. The number of carboxylic acid groups (broad SMARTS) is 1. The number of ether oxygens (including phenoxy) is 2. The largest absolute Gasteiger partial charge is 0.494 e. The van der Waals surface area contributed by atoms with Gasteiger partial charge >= 0.3 is 5.97 Å². The number of carbonyl (C=O) groups is 2. The number of carboxylic acids is 1. The van der Waals surface area contributed by atoms with Gasteiger partial charge in [-0.15, -0.1) is 0 Å². The van der Waals surface area contributed by atoms with E-state index >= 15 is 0 Å². The van der Waals surface area contributed by atoms with Gasteiger partial charge in [0.15, 0.2) is 6.61 Å². The van der Waals surface area contributed by atoms with E-state index in [0.29, 0.717) is 12.4 Å². The molecule has 0 aliphatic rings. The van der Waals surface area contributed by atoms with Crippen molar-refractivity contribution < 1.29 is 24.2 Å². The average Bonchev–Trinajstić information content (AvgIpc) is 2.49. The molecular weight excluding hydrogens is 286 g/mol. The zero-order valence-electron chi connectivity index (χ0n) is 13.2. The van der Waals surface area contributed by atoms with Crippen LogP contribution in [0.2, 0.25) is 0 Å². The van der Waals surface area contributed by atoms with Crippen LogP contribution in [0.15, 0.2) is 24.3 Å². The first-order valence-corrected chi connectivity index (χ1v) is 7.31. The molecule has 122 valence electrons. The summed E-state index contributed by atoms with van der Waals surface area (Å²) < 4.78 is 10.8. The molecule has 6 nitrogen and oxygen atoms in total. The predicted octanol–water partition coefficient (Wildman–Crippen LogP) is 2.08. The van der Waals surface area contributed by atoms with Crippen molar-refractivity contribution in [2.24, 2.45) is 5.92 Å². The van der Waals surface area contributed by atoms with E-state index in [0.717, 1.165) is 12.2 Å². The molecule has 0 aliphatic heterocycles. The minimum absolute atomic E-state index is 0.198. The van der Waals surface area contributed by atoms with Crippen molar-refractivity contribution in [3.05, 3.63) is 24.3 Å². The van der Waals surface area contributed by atoms with Gasteiger partial charge in [0, 0.05) is 0 Å². The smallest absolute Gasteiger partial charge is 0.326 e. The highest BCUT2D eigenvalue weighted by atomic mass is 16.5. The molecule has 1 aromatic carbocycles. The first-order valence-electron chi connectivity index (χ1n) is 7.31. The Morgan fingerprint density at radius 3 is 2.14 bits per heavy atom. The van der Waals surface area contributed by atoms with E-state index in [-0.39, 0.29) is 12.5 Å². The first kappa shape index (κ1) is 17.8. The summed E-state index contributed by atoms with van der Waals surface area (Å²) in [4.78, 5) is 22.7. The summed E-state index contributed by atoms with van der Waals surface area (Å²) in [7, 11) is 0. The second kappa shape index (κ2) is 8.92. The van der Waals surface area contributed by atoms with E-state index in [2.05, 4.69) is 5.32 Å². The van der Waals surface area contributed by atoms with Crippen LogP contribution in [0.25, 0.3) is 0 Å². The number of rotatable bonds is 9. The monoisotopic (exact) mass is 309 g/mol. The van der Waals surface area contributed by atoms with Gasteiger partial charge < -0.3 is 19.9 Å². The van der Waals surface area contributed by atoms with Crippen LogP contribution in [0.3, 0.4) is 0 Å². The fourth-order valence-electron chi connectivity index (χ4n) is 1.73. The van der Waals surface area contributed by atoms with Crippen molar-refractivity contribution in [1.82, 2.24) is 5.32 Å². The second-order valence-corrected chi connectivity index (χ2v) is 5.24. The van der Waals surface area contributed by atoms with Crippen LogP contribution in [0.1, 0.15) is 27.2 Å².